The molecule has 0 aliphatic carbocycles. The van der Waals surface area contributed by atoms with Crippen LogP contribution in [0.15, 0.2) is 138 Å². The first-order chi connectivity index (χ1) is 24.1. The number of aromatic carboxylic acids is 1. The lowest BCUT2D eigenvalue weighted by Gasteiger charge is -2.18. The smallest absolute Gasteiger partial charge is 0.337 e. The Labute approximate surface area is 299 Å². The summed E-state index contributed by atoms with van der Waals surface area (Å²) in [5.74, 6) is -2.21. The molecule has 0 spiro atoms. The molecule has 0 bridgehead atoms. The van der Waals surface area contributed by atoms with Gasteiger partial charge < -0.3 is 21.1 Å². The number of thioether (sulfide) groups is 1. The summed E-state index contributed by atoms with van der Waals surface area (Å²) in [5, 5.41) is 17.3. The first-order valence-corrected chi connectivity index (χ1v) is 17.0. The van der Waals surface area contributed by atoms with Crippen molar-refractivity contribution >= 4 is 64.5 Å². The summed E-state index contributed by atoms with van der Waals surface area (Å²) in [6.07, 6.45) is 1.63. The zero-order chi connectivity index (χ0) is 35.6. The maximum absolute atomic E-state index is 13.7. The van der Waals surface area contributed by atoms with Gasteiger partial charge in [-0.2, -0.15) is 0 Å². The van der Waals surface area contributed by atoms with Crippen LogP contribution in [0.3, 0.4) is 0 Å². The van der Waals surface area contributed by atoms with E-state index >= 15 is 0 Å². The van der Waals surface area contributed by atoms with Crippen molar-refractivity contribution in [3.63, 3.8) is 0 Å². The molecule has 3 amide bonds. The molecule has 0 saturated carbocycles. The molecule has 1 atom stereocenters. The number of halogens is 1. The SMILES string of the molecule is CC(C)c1ccc(/C=C(/NC(=O)c2ccccc2)C(=O)Nc2cccc(SC(C(=O)Nc3ccc(Cl)c(C(=O)O)c3)c3ccccc3)c2)cc1. The van der Waals surface area contributed by atoms with Gasteiger partial charge in [0.1, 0.15) is 10.9 Å². The predicted molar refractivity (Wildman–Crippen MR) is 200 cm³/mol. The van der Waals surface area contributed by atoms with E-state index in [1.54, 1.807) is 54.6 Å². The minimum atomic E-state index is -1.21. The van der Waals surface area contributed by atoms with Crippen LogP contribution in [0.1, 0.15) is 62.4 Å². The number of carbonyl (C=O) groups excluding carboxylic acids is 3. The van der Waals surface area contributed by atoms with E-state index in [1.807, 2.05) is 60.7 Å². The van der Waals surface area contributed by atoms with Crippen molar-refractivity contribution in [2.75, 3.05) is 10.6 Å². The number of hydrogen-bond acceptors (Lipinski definition) is 5. The van der Waals surface area contributed by atoms with Gasteiger partial charge in [0.2, 0.25) is 5.91 Å². The summed E-state index contributed by atoms with van der Waals surface area (Å²) in [4.78, 5) is 52.7. The first-order valence-electron chi connectivity index (χ1n) is 15.7. The Morgan fingerprint density at radius 1 is 0.720 bits per heavy atom. The molecule has 5 aromatic rings. The van der Waals surface area contributed by atoms with Gasteiger partial charge in [-0.25, -0.2) is 4.79 Å². The molecule has 0 aromatic heterocycles. The third-order valence-electron chi connectivity index (χ3n) is 7.59. The summed E-state index contributed by atoms with van der Waals surface area (Å²) in [6.45, 7) is 4.20. The van der Waals surface area contributed by atoms with E-state index in [1.165, 1.54) is 30.0 Å². The molecule has 0 fully saturated rings. The number of rotatable bonds is 12. The Morgan fingerprint density at radius 3 is 2.04 bits per heavy atom. The highest BCUT2D eigenvalue weighted by atomic mass is 35.5. The lowest BCUT2D eigenvalue weighted by Crippen LogP contribution is -2.30. The average Bonchev–Trinajstić information content (AvgIpc) is 3.12. The first kappa shape index (κ1) is 35.7. The number of carbonyl (C=O) groups is 4. The molecule has 0 aliphatic rings. The molecular formula is C40H34ClN3O5S. The largest absolute Gasteiger partial charge is 0.478 e. The fraction of sp³-hybridized carbons (Fsp3) is 0.100. The molecule has 5 aromatic carbocycles. The van der Waals surface area contributed by atoms with Crippen LogP contribution in [-0.2, 0) is 9.59 Å². The number of benzene rings is 5. The molecule has 252 valence electrons. The topological polar surface area (TPSA) is 125 Å². The Balaban J connectivity index is 1.38. The molecule has 10 heteroatoms. The molecule has 50 heavy (non-hydrogen) atoms. The summed E-state index contributed by atoms with van der Waals surface area (Å²) >= 11 is 7.28. The van der Waals surface area contributed by atoms with E-state index in [-0.39, 0.29) is 27.9 Å². The highest BCUT2D eigenvalue weighted by molar-refractivity contribution is 8.00. The highest BCUT2D eigenvalue weighted by Gasteiger charge is 2.23. The van der Waals surface area contributed by atoms with Crippen LogP contribution in [0.4, 0.5) is 11.4 Å². The normalized spacial score (nSPS) is 11.8. The van der Waals surface area contributed by atoms with E-state index in [0.717, 1.165) is 11.1 Å². The van der Waals surface area contributed by atoms with Gasteiger partial charge in [-0.05, 0) is 77.2 Å². The summed E-state index contributed by atoms with van der Waals surface area (Å²) in [6, 6.07) is 36.9. The number of carboxylic acids is 1. The molecule has 8 nitrogen and oxygen atoms in total. The van der Waals surface area contributed by atoms with Crippen molar-refractivity contribution in [2.24, 2.45) is 0 Å². The molecular weight excluding hydrogens is 670 g/mol. The highest BCUT2D eigenvalue weighted by Crippen LogP contribution is 2.37. The van der Waals surface area contributed by atoms with E-state index < -0.39 is 23.0 Å². The van der Waals surface area contributed by atoms with Crippen molar-refractivity contribution in [3.8, 4) is 0 Å². The average molecular weight is 704 g/mol. The molecule has 5 rings (SSSR count). The lowest BCUT2D eigenvalue weighted by molar-refractivity contribution is -0.116. The monoisotopic (exact) mass is 703 g/mol. The van der Waals surface area contributed by atoms with Crippen LogP contribution in [0.5, 0.6) is 0 Å². The van der Waals surface area contributed by atoms with Crippen molar-refractivity contribution in [1.29, 1.82) is 0 Å². The zero-order valence-electron chi connectivity index (χ0n) is 27.2. The number of amides is 3. The maximum Gasteiger partial charge on any atom is 0.337 e. The summed E-state index contributed by atoms with van der Waals surface area (Å²) in [7, 11) is 0. The Morgan fingerprint density at radius 2 is 1.38 bits per heavy atom. The lowest BCUT2D eigenvalue weighted by atomic mass is 10.0. The van der Waals surface area contributed by atoms with Crippen molar-refractivity contribution < 1.29 is 24.3 Å². The number of hydrogen-bond donors (Lipinski definition) is 4. The van der Waals surface area contributed by atoms with E-state index in [4.69, 9.17) is 11.6 Å². The quantitative estimate of drug-likeness (QED) is 0.0759. The van der Waals surface area contributed by atoms with Gasteiger partial charge in [-0.3, -0.25) is 14.4 Å². The second kappa shape index (κ2) is 16.6. The molecule has 4 N–H and O–H groups in total. The Kier molecular flexibility index (Phi) is 11.9. The summed E-state index contributed by atoms with van der Waals surface area (Å²) < 4.78 is 0. The van der Waals surface area contributed by atoms with Gasteiger partial charge in [0.05, 0.1) is 10.6 Å². The fourth-order valence-corrected chi connectivity index (χ4v) is 6.23. The maximum atomic E-state index is 13.7. The van der Waals surface area contributed by atoms with Gasteiger partial charge >= 0.3 is 5.97 Å². The molecule has 0 saturated heterocycles. The van der Waals surface area contributed by atoms with Crippen LogP contribution in [-0.4, -0.2) is 28.8 Å². The van der Waals surface area contributed by atoms with Crippen LogP contribution in [0.2, 0.25) is 5.02 Å². The Hall–Kier alpha value is -5.64. The zero-order valence-corrected chi connectivity index (χ0v) is 28.8. The second-order valence-corrected chi connectivity index (χ2v) is 13.2. The molecule has 0 heterocycles. The van der Waals surface area contributed by atoms with Crippen LogP contribution >= 0.6 is 23.4 Å². The van der Waals surface area contributed by atoms with Gasteiger partial charge in [0.25, 0.3) is 11.8 Å². The molecule has 0 radical (unpaired) electrons. The second-order valence-electron chi connectivity index (χ2n) is 11.6. The van der Waals surface area contributed by atoms with Gasteiger partial charge in [0.15, 0.2) is 0 Å². The van der Waals surface area contributed by atoms with Gasteiger partial charge in [-0.15, -0.1) is 11.8 Å². The van der Waals surface area contributed by atoms with Crippen molar-refractivity contribution in [1.82, 2.24) is 5.32 Å². The van der Waals surface area contributed by atoms with Crippen LogP contribution < -0.4 is 16.0 Å². The summed E-state index contributed by atoms with van der Waals surface area (Å²) in [5.41, 5.74) is 3.68. The third-order valence-corrected chi connectivity index (χ3v) is 9.17. The van der Waals surface area contributed by atoms with Gasteiger partial charge in [0, 0.05) is 21.8 Å². The van der Waals surface area contributed by atoms with Crippen LogP contribution in [0, 0.1) is 0 Å². The number of anilines is 2. The molecule has 1 unspecified atom stereocenters. The Bertz CT molecular complexity index is 2030. The van der Waals surface area contributed by atoms with Crippen LogP contribution in [0.25, 0.3) is 6.08 Å². The number of carboxylic acid groups (broad SMARTS) is 1. The standard InChI is InChI=1S/C40H34ClN3O5S/c1-25(2)27-18-16-26(17-19-27)22-35(44-37(45)29-12-7-4-8-13-29)38(46)42-30-14-9-15-32(23-30)50-36(28-10-5-3-6-11-28)39(47)43-31-20-21-34(41)33(24-31)40(48)49/h3-25,36H,1-2H3,(H,42,46)(H,43,47)(H,44,45)(H,48,49)/b35-22+. The van der Waals surface area contributed by atoms with E-state index in [2.05, 4.69) is 29.8 Å². The van der Waals surface area contributed by atoms with Crippen molar-refractivity contribution in [3.05, 3.63) is 166 Å². The predicted octanol–water partition coefficient (Wildman–Crippen LogP) is 9.04. The van der Waals surface area contributed by atoms with E-state index in [0.29, 0.717) is 27.6 Å². The number of nitrogens with one attached hydrogen (secondary N) is 3. The third kappa shape index (κ3) is 9.49. The fourth-order valence-electron chi connectivity index (χ4n) is 4.94. The van der Waals surface area contributed by atoms with Gasteiger partial charge in [-0.1, -0.05) is 104 Å². The van der Waals surface area contributed by atoms with E-state index in [9.17, 15) is 24.3 Å². The molecule has 0 aliphatic heterocycles. The van der Waals surface area contributed by atoms with Crippen molar-refractivity contribution in [2.45, 2.75) is 29.9 Å². The minimum Gasteiger partial charge on any atom is -0.478 e. The minimum absolute atomic E-state index is 0.0550.